The van der Waals surface area contributed by atoms with Gasteiger partial charge in [-0.2, -0.15) is 0 Å². The third-order valence-corrected chi connectivity index (χ3v) is 3.19. The molecule has 0 bridgehead atoms. The Labute approximate surface area is 106 Å². The molecule has 0 aliphatic carbocycles. The quantitative estimate of drug-likeness (QED) is 0.741. The Hall–Kier alpha value is -0.380. The molecule has 90 valence electrons. The van der Waals surface area contributed by atoms with Crippen molar-refractivity contribution in [3.8, 4) is 0 Å². The van der Waals surface area contributed by atoms with Gasteiger partial charge in [0.15, 0.2) is 0 Å². The third kappa shape index (κ3) is 5.64. The summed E-state index contributed by atoms with van der Waals surface area (Å²) in [6.45, 7) is 1.77. The van der Waals surface area contributed by atoms with Crippen molar-refractivity contribution in [2.45, 2.75) is 32.3 Å². The van der Waals surface area contributed by atoms with Gasteiger partial charge in [0.05, 0.1) is 6.61 Å². The van der Waals surface area contributed by atoms with Gasteiger partial charge in [-0.3, -0.25) is 0 Å². The lowest BCUT2D eigenvalue weighted by Crippen LogP contribution is -1.96. The van der Waals surface area contributed by atoms with Crippen molar-refractivity contribution in [3.63, 3.8) is 0 Å². The average molecular weight is 287 g/mol. The van der Waals surface area contributed by atoms with E-state index in [0.29, 0.717) is 13.2 Å². The molecule has 0 spiro atoms. The standard InChI is InChI=1S/C13H19BrO2/c14-13-8-4-3-7-12(13)11-16-10-6-2-1-5-9-15/h3-4,7-8,15H,1-2,5-6,9-11H2. The van der Waals surface area contributed by atoms with Crippen molar-refractivity contribution in [1.29, 1.82) is 0 Å². The molecular formula is C13H19BrO2. The number of ether oxygens (including phenoxy) is 1. The summed E-state index contributed by atoms with van der Waals surface area (Å²) in [6.07, 6.45) is 4.21. The van der Waals surface area contributed by atoms with E-state index in [1.807, 2.05) is 18.2 Å². The van der Waals surface area contributed by atoms with E-state index in [1.54, 1.807) is 0 Å². The fourth-order valence-corrected chi connectivity index (χ4v) is 1.87. The number of unbranched alkanes of at least 4 members (excludes halogenated alkanes) is 3. The van der Waals surface area contributed by atoms with Gasteiger partial charge in [0.1, 0.15) is 0 Å². The fourth-order valence-electron chi connectivity index (χ4n) is 1.47. The van der Waals surface area contributed by atoms with Crippen LogP contribution in [0.1, 0.15) is 31.2 Å². The third-order valence-electron chi connectivity index (χ3n) is 2.41. The second kappa shape index (κ2) is 8.74. The Bertz CT molecular complexity index is 289. The van der Waals surface area contributed by atoms with E-state index in [-0.39, 0.29) is 0 Å². The molecule has 0 aliphatic heterocycles. The smallest absolute Gasteiger partial charge is 0.0727 e. The minimum atomic E-state index is 0.303. The molecule has 1 rings (SSSR count). The average Bonchev–Trinajstić information content (AvgIpc) is 2.30. The molecular weight excluding hydrogens is 268 g/mol. The van der Waals surface area contributed by atoms with Crippen LogP contribution in [0.5, 0.6) is 0 Å². The molecule has 0 unspecified atom stereocenters. The Morgan fingerprint density at radius 3 is 2.56 bits per heavy atom. The lowest BCUT2D eigenvalue weighted by Gasteiger charge is -2.05. The molecule has 0 heterocycles. The van der Waals surface area contributed by atoms with E-state index < -0.39 is 0 Å². The summed E-state index contributed by atoms with van der Waals surface area (Å²) in [5, 5.41) is 8.61. The molecule has 0 fully saturated rings. The molecule has 16 heavy (non-hydrogen) atoms. The molecule has 1 aromatic rings. The first-order valence-corrected chi connectivity index (χ1v) is 6.56. The van der Waals surface area contributed by atoms with E-state index in [2.05, 4.69) is 22.0 Å². The SMILES string of the molecule is OCCCCCCOCc1ccccc1Br. The highest BCUT2D eigenvalue weighted by atomic mass is 79.9. The maximum Gasteiger partial charge on any atom is 0.0727 e. The summed E-state index contributed by atoms with van der Waals surface area (Å²) in [6, 6.07) is 8.11. The highest BCUT2D eigenvalue weighted by Gasteiger charge is 1.97. The second-order valence-corrected chi connectivity index (χ2v) is 4.64. The summed E-state index contributed by atoms with van der Waals surface area (Å²) in [5.41, 5.74) is 1.19. The largest absolute Gasteiger partial charge is 0.396 e. The Balaban J connectivity index is 2.05. The van der Waals surface area contributed by atoms with Gasteiger partial charge in [-0.15, -0.1) is 0 Å². The van der Waals surface area contributed by atoms with Crippen LogP contribution in [0.25, 0.3) is 0 Å². The van der Waals surface area contributed by atoms with Gasteiger partial charge in [-0.05, 0) is 24.5 Å². The molecule has 0 saturated heterocycles. The Morgan fingerprint density at radius 1 is 1.06 bits per heavy atom. The van der Waals surface area contributed by atoms with Crippen LogP contribution >= 0.6 is 15.9 Å². The monoisotopic (exact) mass is 286 g/mol. The Morgan fingerprint density at radius 2 is 1.81 bits per heavy atom. The lowest BCUT2D eigenvalue weighted by molar-refractivity contribution is 0.116. The van der Waals surface area contributed by atoms with Crippen molar-refractivity contribution in [3.05, 3.63) is 34.3 Å². The van der Waals surface area contributed by atoms with E-state index >= 15 is 0 Å². The number of halogens is 1. The molecule has 3 heteroatoms. The van der Waals surface area contributed by atoms with Crippen molar-refractivity contribution in [2.75, 3.05) is 13.2 Å². The zero-order valence-electron chi connectivity index (χ0n) is 9.49. The van der Waals surface area contributed by atoms with Gasteiger partial charge >= 0.3 is 0 Å². The molecule has 1 N–H and O–H groups in total. The number of rotatable bonds is 8. The minimum Gasteiger partial charge on any atom is -0.396 e. The molecule has 1 aromatic carbocycles. The zero-order valence-corrected chi connectivity index (χ0v) is 11.1. The predicted octanol–water partition coefficient (Wildman–Crippen LogP) is 3.52. The second-order valence-electron chi connectivity index (χ2n) is 3.78. The van der Waals surface area contributed by atoms with Crippen LogP contribution in [0.4, 0.5) is 0 Å². The van der Waals surface area contributed by atoms with Gasteiger partial charge in [0.25, 0.3) is 0 Å². The summed E-state index contributed by atoms with van der Waals surface area (Å²) in [7, 11) is 0. The van der Waals surface area contributed by atoms with Gasteiger partial charge in [-0.25, -0.2) is 0 Å². The lowest BCUT2D eigenvalue weighted by atomic mass is 10.2. The highest BCUT2D eigenvalue weighted by Crippen LogP contribution is 2.16. The van der Waals surface area contributed by atoms with Crippen molar-refractivity contribution in [1.82, 2.24) is 0 Å². The predicted molar refractivity (Wildman–Crippen MR) is 69.4 cm³/mol. The van der Waals surface area contributed by atoms with E-state index in [1.165, 1.54) is 5.56 Å². The van der Waals surface area contributed by atoms with Gasteiger partial charge in [0, 0.05) is 17.7 Å². The molecule has 0 amide bonds. The first-order chi connectivity index (χ1) is 7.84. The van der Waals surface area contributed by atoms with Crippen molar-refractivity contribution < 1.29 is 9.84 Å². The number of hydrogen-bond acceptors (Lipinski definition) is 2. The summed E-state index contributed by atoms with van der Waals surface area (Å²) in [4.78, 5) is 0. The van der Waals surface area contributed by atoms with E-state index in [0.717, 1.165) is 36.8 Å². The minimum absolute atomic E-state index is 0.303. The van der Waals surface area contributed by atoms with Crippen LogP contribution < -0.4 is 0 Å². The van der Waals surface area contributed by atoms with Crippen LogP contribution in [0.15, 0.2) is 28.7 Å². The highest BCUT2D eigenvalue weighted by molar-refractivity contribution is 9.10. The number of aliphatic hydroxyl groups is 1. The van der Waals surface area contributed by atoms with Gasteiger partial charge < -0.3 is 9.84 Å². The first-order valence-electron chi connectivity index (χ1n) is 5.76. The van der Waals surface area contributed by atoms with Gasteiger partial charge in [-0.1, -0.05) is 47.0 Å². The molecule has 2 nitrogen and oxygen atoms in total. The van der Waals surface area contributed by atoms with Crippen LogP contribution in [0.2, 0.25) is 0 Å². The van der Waals surface area contributed by atoms with Crippen molar-refractivity contribution >= 4 is 15.9 Å². The maximum atomic E-state index is 8.61. The van der Waals surface area contributed by atoms with Crippen molar-refractivity contribution in [2.24, 2.45) is 0 Å². The number of aliphatic hydroxyl groups excluding tert-OH is 1. The van der Waals surface area contributed by atoms with E-state index in [9.17, 15) is 0 Å². The van der Waals surface area contributed by atoms with Crippen LogP contribution in [-0.4, -0.2) is 18.3 Å². The maximum absolute atomic E-state index is 8.61. The topological polar surface area (TPSA) is 29.5 Å². The summed E-state index contributed by atoms with van der Waals surface area (Å²) >= 11 is 3.49. The molecule has 0 atom stereocenters. The van der Waals surface area contributed by atoms with Crippen LogP contribution in [0.3, 0.4) is 0 Å². The fraction of sp³-hybridized carbons (Fsp3) is 0.538. The first kappa shape index (κ1) is 13.7. The molecule has 0 saturated carbocycles. The summed E-state index contributed by atoms with van der Waals surface area (Å²) in [5.74, 6) is 0. The summed E-state index contributed by atoms with van der Waals surface area (Å²) < 4.78 is 6.69. The molecule has 0 aliphatic rings. The normalized spacial score (nSPS) is 10.6. The molecule has 0 aromatic heterocycles. The number of hydrogen-bond donors (Lipinski definition) is 1. The zero-order chi connectivity index (χ0) is 11.6. The Kier molecular flexibility index (Phi) is 7.47. The number of benzene rings is 1. The van der Waals surface area contributed by atoms with Gasteiger partial charge in [0.2, 0.25) is 0 Å². The molecule has 0 radical (unpaired) electrons. The van der Waals surface area contributed by atoms with E-state index in [4.69, 9.17) is 9.84 Å². The van der Waals surface area contributed by atoms with Crippen LogP contribution in [-0.2, 0) is 11.3 Å². The van der Waals surface area contributed by atoms with Crippen LogP contribution in [0, 0.1) is 0 Å².